The Bertz CT molecular complexity index is 422. The largest absolute Gasteiger partial charge is 0.468 e. The molecule has 1 aromatic rings. The molecule has 2 heterocycles. The molecule has 1 aliphatic heterocycles. The van der Waals surface area contributed by atoms with Gasteiger partial charge in [-0.1, -0.05) is 6.07 Å². The molecule has 1 aliphatic rings. The molecule has 0 spiro atoms. The first-order valence-electron chi connectivity index (χ1n) is 6.02. The fraction of sp³-hybridized carbons (Fsp3) is 0.538. The molecule has 1 unspecified atom stereocenters. The van der Waals surface area contributed by atoms with Crippen molar-refractivity contribution in [2.75, 3.05) is 26.9 Å². The van der Waals surface area contributed by atoms with E-state index in [2.05, 4.69) is 9.88 Å². The van der Waals surface area contributed by atoms with Crippen LogP contribution in [0.3, 0.4) is 0 Å². The second kappa shape index (κ2) is 5.93. The summed E-state index contributed by atoms with van der Waals surface area (Å²) >= 11 is 0. The molecule has 1 atom stereocenters. The maximum absolute atomic E-state index is 11.7. The van der Waals surface area contributed by atoms with Crippen molar-refractivity contribution in [1.29, 1.82) is 0 Å². The van der Waals surface area contributed by atoms with Crippen molar-refractivity contribution < 1.29 is 14.3 Å². The highest BCUT2D eigenvalue weighted by molar-refractivity contribution is 5.75. The zero-order chi connectivity index (χ0) is 13.0. The number of hydrogen-bond acceptors (Lipinski definition) is 5. The van der Waals surface area contributed by atoms with E-state index >= 15 is 0 Å². The van der Waals surface area contributed by atoms with E-state index < -0.39 is 0 Å². The smallest absolute Gasteiger partial charge is 0.325 e. The Balaban J connectivity index is 2.10. The third-order valence-corrected chi connectivity index (χ3v) is 3.18. The van der Waals surface area contributed by atoms with Crippen molar-refractivity contribution in [3.63, 3.8) is 0 Å². The van der Waals surface area contributed by atoms with Gasteiger partial charge in [-0.25, -0.2) is 0 Å². The summed E-state index contributed by atoms with van der Waals surface area (Å²) < 4.78 is 10.1. The van der Waals surface area contributed by atoms with E-state index in [1.54, 1.807) is 6.20 Å². The topological polar surface area (TPSA) is 51.7 Å². The van der Waals surface area contributed by atoms with Crippen LogP contribution in [0.2, 0.25) is 0 Å². The molecule has 0 saturated carbocycles. The zero-order valence-corrected chi connectivity index (χ0v) is 10.8. The van der Waals surface area contributed by atoms with E-state index in [9.17, 15) is 4.79 Å². The van der Waals surface area contributed by atoms with Gasteiger partial charge in [0.05, 0.1) is 26.0 Å². The van der Waals surface area contributed by atoms with Crippen LogP contribution in [0.5, 0.6) is 0 Å². The summed E-state index contributed by atoms with van der Waals surface area (Å²) in [6.45, 7) is 4.42. The predicted octanol–water partition coefficient (Wildman–Crippen LogP) is 0.764. The molecule has 5 nitrogen and oxygen atoms in total. The average Bonchev–Trinajstić information content (AvgIpc) is 2.41. The van der Waals surface area contributed by atoms with Crippen LogP contribution in [-0.4, -0.2) is 48.8 Å². The Morgan fingerprint density at radius 3 is 3.22 bits per heavy atom. The number of hydrogen-bond donors (Lipinski definition) is 0. The maximum atomic E-state index is 11.7. The fourth-order valence-corrected chi connectivity index (χ4v) is 2.06. The van der Waals surface area contributed by atoms with Gasteiger partial charge in [-0.15, -0.1) is 0 Å². The number of pyridine rings is 1. The highest BCUT2D eigenvalue weighted by Crippen LogP contribution is 2.14. The number of esters is 1. The number of carbonyl (C=O) groups is 1. The Morgan fingerprint density at radius 2 is 2.50 bits per heavy atom. The zero-order valence-electron chi connectivity index (χ0n) is 10.8. The standard InChI is InChI=1S/C13H18N2O3/c1-10-4-3-5-14-11(10)8-15-6-7-18-9-12(15)13(16)17-2/h3-5,12H,6-9H2,1-2H3. The Morgan fingerprint density at radius 1 is 1.67 bits per heavy atom. The monoisotopic (exact) mass is 250 g/mol. The van der Waals surface area contributed by atoms with E-state index in [1.807, 2.05) is 19.1 Å². The summed E-state index contributed by atoms with van der Waals surface area (Å²) in [5, 5.41) is 0. The Kier molecular flexibility index (Phi) is 4.28. The van der Waals surface area contributed by atoms with E-state index in [4.69, 9.17) is 9.47 Å². The molecule has 0 radical (unpaired) electrons. The van der Waals surface area contributed by atoms with Crippen molar-refractivity contribution in [2.45, 2.75) is 19.5 Å². The number of rotatable bonds is 3. The van der Waals surface area contributed by atoms with Gasteiger partial charge in [-0.05, 0) is 18.6 Å². The lowest BCUT2D eigenvalue weighted by molar-refractivity contribution is -0.153. The Labute approximate surface area is 107 Å². The van der Waals surface area contributed by atoms with E-state index in [0.29, 0.717) is 19.8 Å². The molecule has 0 amide bonds. The van der Waals surface area contributed by atoms with Gasteiger partial charge in [0.25, 0.3) is 0 Å². The first-order chi connectivity index (χ1) is 8.72. The summed E-state index contributed by atoms with van der Waals surface area (Å²) in [6, 6.07) is 3.61. The molecule has 0 bridgehead atoms. The first kappa shape index (κ1) is 13.0. The second-order valence-electron chi connectivity index (χ2n) is 4.35. The lowest BCUT2D eigenvalue weighted by atomic mass is 10.1. The maximum Gasteiger partial charge on any atom is 0.325 e. The van der Waals surface area contributed by atoms with Gasteiger partial charge in [0.15, 0.2) is 0 Å². The molecule has 1 aromatic heterocycles. The van der Waals surface area contributed by atoms with Crippen LogP contribution in [0.4, 0.5) is 0 Å². The number of carbonyl (C=O) groups excluding carboxylic acids is 1. The summed E-state index contributed by atoms with van der Waals surface area (Å²) in [7, 11) is 1.40. The average molecular weight is 250 g/mol. The van der Waals surface area contributed by atoms with Gasteiger partial charge in [0.1, 0.15) is 6.04 Å². The fourth-order valence-electron chi connectivity index (χ4n) is 2.06. The number of aromatic nitrogens is 1. The van der Waals surface area contributed by atoms with E-state index in [1.165, 1.54) is 7.11 Å². The first-order valence-corrected chi connectivity index (χ1v) is 6.02. The third kappa shape index (κ3) is 2.86. The van der Waals surface area contributed by atoms with Gasteiger partial charge in [-0.2, -0.15) is 0 Å². The molecule has 18 heavy (non-hydrogen) atoms. The van der Waals surface area contributed by atoms with Crippen molar-refractivity contribution >= 4 is 5.97 Å². The molecule has 0 aliphatic carbocycles. The summed E-state index contributed by atoms with van der Waals surface area (Å²) in [5.41, 5.74) is 2.13. The van der Waals surface area contributed by atoms with Crippen molar-refractivity contribution in [1.82, 2.24) is 9.88 Å². The number of nitrogens with zero attached hydrogens (tertiary/aromatic N) is 2. The van der Waals surface area contributed by atoms with Crippen LogP contribution in [0.15, 0.2) is 18.3 Å². The van der Waals surface area contributed by atoms with Gasteiger partial charge < -0.3 is 9.47 Å². The Hall–Kier alpha value is -1.46. The van der Waals surface area contributed by atoms with Crippen LogP contribution < -0.4 is 0 Å². The SMILES string of the molecule is COC(=O)C1COCCN1Cc1ncccc1C. The normalized spacial score (nSPS) is 20.7. The molecule has 1 fully saturated rings. The molecular weight excluding hydrogens is 232 g/mol. The van der Waals surface area contributed by atoms with Crippen molar-refractivity contribution in [3.05, 3.63) is 29.6 Å². The highest BCUT2D eigenvalue weighted by Gasteiger charge is 2.30. The van der Waals surface area contributed by atoms with Gasteiger partial charge in [0, 0.05) is 19.3 Å². The van der Waals surface area contributed by atoms with Gasteiger partial charge in [-0.3, -0.25) is 14.7 Å². The van der Waals surface area contributed by atoms with Crippen LogP contribution in [0, 0.1) is 6.92 Å². The lowest BCUT2D eigenvalue weighted by Gasteiger charge is -2.33. The molecule has 2 rings (SSSR count). The van der Waals surface area contributed by atoms with Crippen LogP contribution >= 0.6 is 0 Å². The quantitative estimate of drug-likeness (QED) is 0.741. The van der Waals surface area contributed by atoms with Gasteiger partial charge in [0.2, 0.25) is 0 Å². The second-order valence-corrected chi connectivity index (χ2v) is 4.35. The van der Waals surface area contributed by atoms with Gasteiger partial charge >= 0.3 is 5.97 Å². The summed E-state index contributed by atoms with van der Waals surface area (Å²) in [4.78, 5) is 18.1. The minimum Gasteiger partial charge on any atom is -0.468 e. The molecule has 0 aromatic carbocycles. The molecular formula is C13H18N2O3. The third-order valence-electron chi connectivity index (χ3n) is 3.18. The van der Waals surface area contributed by atoms with Crippen LogP contribution in [-0.2, 0) is 20.8 Å². The number of morpholine rings is 1. The minimum atomic E-state index is -0.329. The molecule has 0 N–H and O–H groups in total. The van der Waals surface area contributed by atoms with Crippen molar-refractivity contribution in [2.24, 2.45) is 0 Å². The van der Waals surface area contributed by atoms with E-state index in [-0.39, 0.29) is 12.0 Å². The van der Waals surface area contributed by atoms with E-state index in [0.717, 1.165) is 17.8 Å². The summed E-state index contributed by atoms with van der Waals surface area (Å²) in [5.74, 6) is -0.247. The van der Waals surface area contributed by atoms with Crippen LogP contribution in [0.25, 0.3) is 0 Å². The number of methoxy groups -OCH3 is 1. The molecule has 1 saturated heterocycles. The van der Waals surface area contributed by atoms with Crippen LogP contribution in [0.1, 0.15) is 11.3 Å². The molecule has 98 valence electrons. The minimum absolute atomic E-state index is 0.247. The lowest BCUT2D eigenvalue weighted by Crippen LogP contribution is -2.50. The number of ether oxygens (including phenoxy) is 2. The molecule has 5 heteroatoms. The summed E-state index contributed by atoms with van der Waals surface area (Å²) in [6.07, 6.45) is 1.77. The highest BCUT2D eigenvalue weighted by atomic mass is 16.5. The predicted molar refractivity (Wildman–Crippen MR) is 66.0 cm³/mol. The van der Waals surface area contributed by atoms with Crippen molar-refractivity contribution in [3.8, 4) is 0 Å². The number of aryl methyl sites for hydroxylation is 1.